The van der Waals surface area contributed by atoms with Crippen LogP contribution in [0, 0.1) is 11.8 Å². The van der Waals surface area contributed by atoms with E-state index in [1.807, 2.05) is 18.2 Å². The van der Waals surface area contributed by atoms with Crippen molar-refractivity contribution < 1.29 is 9.53 Å². The molecule has 0 radical (unpaired) electrons. The number of carbonyl (C=O) groups is 1. The molecule has 0 N–H and O–H groups in total. The molecule has 3 nitrogen and oxygen atoms in total. The number of halogens is 1. The zero-order valence-electron chi connectivity index (χ0n) is 15.5. The molecule has 0 unspecified atom stereocenters. The van der Waals surface area contributed by atoms with Crippen molar-refractivity contribution in [2.24, 2.45) is 0 Å². The molecular weight excluding hydrogens is 346 g/mol. The quantitative estimate of drug-likeness (QED) is 0.579. The van der Waals surface area contributed by atoms with E-state index in [2.05, 4.69) is 28.9 Å². The van der Waals surface area contributed by atoms with Gasteiger partial charge in [-0.15, -0.1) is 12.4 Å². The zero-order valence-corrected chi connectivity index (χ0v) is 16.4. The molecule has 1 aromatic rings. The second-order valence-corrected chi connectivity index (χ2v) is 7.28. The lowest BCUT2D eigenvalue weighted by atomic mass is 9.69. The summed E-state index contributed by atoms with van der Waals surface area (Å²) in [6.45, 7) is 3.29. The number of benzene rings is 1. The van der Waals surface area contributed by atoms with Crippen molar-refractivity contribution in [3.63, 3.8) is 0 Å². The van der Waals surface area contributed by atoms with E-state index < -0.39 is 5.41 Å². The van der Waals surface area contributed by atoms with Crippen LogP contribution in [0.15, 0.2) is 30.3 Å². The van der Waals surface area contributed by atoms with Gasteiger partial charge in [0.15, 0.2) is 6.61 Å². The maximum absolute atomic E-state index is 12.9. The summed E-state index contributed by atoms with van der Waals surface area (Å²) in [6, 6.07) is 10.1. The van der Waals surface area contributed by atoms with Crippen LogP contribution in [0.1, 0.15) is 56.9 Å². The van der Waals surface area contributed by atoms with E-state index in [-0.39, 0.29) is 25.0 Å². The van der Waals surface area contributed by atoms with Gasteiger partial charge in [0.2, 0.25) is 0 Å². The second kappa shape index (κ2) is 10.6. The number of piperidine rings is 1. The van der Waals surface area contributed by atoms with Gasteiger partial charge in [0.1, 0.15) is 0 Å². The molecule has 0 amide bonds. The smallest absolute Gasteiger partial charge is 0.317 e. The zero-order chi connectivity index (χ0) is 17.4. The summed E-state index contributed by atoms with van der Waals surface area (Å²) in [5, 5.41) is 0. The van der Waals surface area contributed by atoms with E-state index >= 15 is 0 Å². The fraction of sp³-hybridized carbons (Fsp3) is 0.591. The van der Waals surface area contributed by atoms with E-state index in [4.69, 9.17) is 4.74 Å². The SMILES string of the molecule is Cl.O=C(OCC#CCN1CCCCC1)C1(c2ccccc2)CCCCC1. The van der Waals surface area contributed by atoms with E-state index in [1.165, 1.54) is 25.7 Å². The predicted molar refractivity (Wildman–Crippen MR) is 107 cm³/mol. The minimum atomic E-state index is -0.464. The number of nitrogens with zero attached hydrogens (tertiary/aromatic N) is 1. The van der Waals surface area contributed by atoms with Crippen LogP contribution in [0.4, 0.5) is 0 Å². The molecule has 1 saturated carbocycles. The molecular formula is C22H30ClNO2. The average Bonchev–Trinajstić information content (AvgIpc) is 2.69. The fourth-order valence-electron chi connectivity index (χ4n) is 4.10. The largest absolute Gasteiger partial charge is 0.452 e. The van der Waals surface area contributed by atoms with E-state index in [0.29, 0.717) is 0 Å². The van der Waals surface area contributed by atoms with Gasteiger partial charge in [-0.3, -0.25) is 9.69 Å². The van der Waals surface area contributed by atoms with Crippen molar-refractivity contribution in [2.75, 3.05) is 26.2 Å². The number of carbonyl (C=O) groups excluding carboxylic acids is 1. The molecule has 3 rings (SSSR count). The molecule has 26 heavy (non-hydrogen) atoms. The number of ether oxygens (including phenoxy) is 1. The third-order valence-corrected chi connectivity index (χ3v) is 5.58. The third kappa shape index (κ3) is 5.25. The predicted octanol–water partition coefficient (Wildman–Crippen LogP) is 4.34. The topological polar surface area (TPSA) is 29.5 Å². The molecule has 1 heterocycles. The summed E-state index contributed by atoms with van der Waals surface area (Å²) in [5.41, 5.74) is 0.634. The summed E-state index contributed by atoms with van der Waals surface area (Å²) in [6.07, 6.45) is 9.04. The lowest BCUT2D eigenvalue weighted by molar-refractivity contribution is -0.150. The number of hydrogen-bond acceptors (Lipinski definition) is 3. The highest BCUT2D eigenvalue weighted by atomic mass is 35.5. The van der Waals surface area contributed by atoms with Gasteiger partial charge in [-0.2, -0.15) is 0 Å². The second-order valence-electron chi connectivity index (χ2n) is 7.28. The monoisotopic (exact) mass is 375 g/mol. The van der Waals surface area contributed by atoms with Gasteiger partial charge >= 0.3 is 5.97 Å². The fourth-order valence-corrected chi connectivity index (χ4v) is 4.10. The highest BCUT2D eigenvalue weighted by molar-refractivity contribution is 5.85. The minimum absolute atomic E-state index is 0. The first-order valence-corrected chi connectivity index (χ1v) is 9.72. The Morgan fingerprint density at radius 3 is 2.31 bits per heavy atom. The average molecular weight is 376 g/mol. The molecule has 0 bridgehead atoms. The van der Waals surface area contributed by atoms with E-state index in [9.17, 15) is 4.79 Å². The van der Waals surface area contributed by atoms with Gasteiger partial charge in [0.25, 0.3) is 0 Å². The Balaban J connectivity index is 0.00000243. The van der Waals surface area contributed by atoms with Crippen LogP contribution in [0.5, 0.6) is 0 Å². The van der Waals surface area contributed by atoms with Crippen molar-refractivity contribution in [1.29, 1.82) is 0 Å². The maximum atomic E-state index is 12.9. The van der Waals surface area contributed by atoms with Crippen LogP contribution in [-0.4, -0.2) is 37.1 Å². The van der Waals surface area contributed by atoms with Crippen LogP contribution in [0.3, 0.4) is 0 Å². The number of esters is 1. The summed E-state index contributed by atoms with van der Waals surface area (Å²) < 4.78 is 5.60. The number of hydrogen-bond donors (Lipinski definition) is 0. The normalized spacial score (nSPS) is 19.5. The first-order valence-electron chi connectivity index (χ1n) is 9.72. The van der Waals surface area contributed by atoms with Crippen molar-refractivity contribution in [3.05, 3.63) is 35.9 Å². The Morgan fingerprint density at radius 2 is 1.62 bits per heavy atom. The van der Waals surface area contributed by atoms with Gasteiger partial charge in [-0.25, -0.2) is 0 Å². The van der Waals surface area contributed by atoms with E-state index in [1.54, 1.807) is 0 Å². The van der Waals surface area contributed by atoms with Crippen LogP contribution in [0.25, 0.3) is 0 Å². The van der Waals surface area contributed by atoms with Crippen molar-refractivity contribution in [2.45, 2.75) is 56.8 Å². The molecule has 2 fully saturated rings. The Bertz CT molecular complexity index is 608. The van der Waals surface area contributed by atoms with Gasteiger partial charge in [-0.1, -0.05) is 67.9 Å². The molecule has 2 aliphatic rings. The summed E-state index contributed by atoms with van der Waals surface area (Å²) in [7, 11) is 0. The number of rotatable bonds is 4. The van der Waals surface area contributed by atoms with Crippen LogP contribution in [-0.2, 0) is 14.9 Å². The molecule has 1 aromatic carbocycles. The van der Waals surface area contributed by atoms with Crippen molar-refractivity contribution in [3.8, 4) is 11.8 Å². The lowest BCUT2D eigenvalue weighted by Crippen LogP contribution is -2.39. The Morgan fingerprint density at radius 1 is 0.962 bits per heavy atom. The maximum Gasteiger partial charge on any atom is 0.317 e. The van der Waals surface area contributed by atoms with Gasteiger partial charge in [0.05, 0.1) is 12.0 Å². The number of likely N-dealkylation sites (tertiary alicyclic amines) is 1. The Kier molecular flexibility index (Phi) is 8.48. The molecule has 142 valence electrons. The molecule has 1 saturated heterocycles. The highest BCUT2D eigenvalue weighted by Crippen LogP contribution is 2.40. The van der Waals surface area contributed by atoms with Crippen LogP contribution < -0.4 is 0 Å². The molecule has 1 aliphatic heterocycles. The molecule has 0 atom stereocenters. The first-order chi connectivity index (χ1) is 12.3. The first kappa shape index (κ1) is 20.8. The molecule has 1 aliphatic carbocycles. The molecule has 4 heteroatoms. The van der Waals surface area contributed by atoms with Gasteiger partial charge in [0, 0.05) is 0 Å². The van der Waals surface area contributed by atoms with E-state index in [0.717, 1.165) is 50.9 Å². The van der Waals surface area contributed by atoms with Crippen LogP contribution >= 0.6 is 12.4 Å². The van der Waals surface area contributed by atoms with Gasteiger partial charge in [-0.05, 0) is 44.3 Å². The Hall–Kier alpha value is -1.50. The lowest BCUT2D eigenvalue weighted by Gasteiger charge is -2.35. The highest BCUT2D eigenvalue weighted by Gasteiger charge is 2.42. The third-order valence-electron chi connectivity index (χ3n) is 5.58. The summed E-state index contributed by atoms with van der Waals surface area (Å²) in [5.74, 6) is 6.11. The van der Waals surface area contributed by atoms with Gasteiger partial charge < -0.3 is 4.74 Å². The van der Waals surface area contributed by atoms with Crippen LogP contribution in [0.2, 0.25) is 0 Å². The molecule has 0 aromatic heterocycles. The molecule has 0 spiro atoms. The minimum Gasteiger partial charge on any atom is -0.452 e. The Labute approximate surface area is 163 Å². The summed E-state index contributed by atoms with van der Waals surface area (Å²) >= 11 is 0. The van der Waals surface area contributed by atoms with Crippen molar-refractivity contribution >= 4 is 18.4 Å². The summed E-state index contributed by atoms with van der Waals surface area (Å²) in [4.78, 5) is 15.3. The van der Waals surface area contributed by atoms with Crippen molar-refractivity contribution in [1.82, 2.24) is 4.90 Å². The standard InChI is InChI=1S/C22H29NO2.ClH/c24-21(25-19-11-10-18-23-16-8-3-9-17-23)22(14-6-2-7-15-22)20-12-4-1-5-13-20;/h1,4-5,12-13H,2-3,6-9,14-19H2;1H.